The number of nitrogens with one attached hydrogen (secondary N) is 2. The molecular formula is C19H31N3O3S. The Morgan fingerprint density at radius 1 is 1.15 bits per heavy atom. The number of benzene rings is 1. The first kappa shape index (κ1) is 20.9. The third-order valence-corrected chi connectivity index (χ3v) is 6.82. The minimum Gasteiger partial charge on any atom is -0.356 e. The van der Waals surface area contributed by atoms with Crippen molar-refractivity contribution < 1.29 is 13.2 Å². The summed E-state index contributed by atoms with van der Waals surface area (Å²) in [7, 11) is -1.60. The van der Waals surface area contributed by atoms with Crippen LogP contribution >= 0.6 is 0 Å². The Bertz CT molecular complexity index is 678. The van der Waals surface area contributed by atoms with E-state index in [0.717, 1.165) is 18.5 Å². The van der Waals surface area contributed by atoms with Crippen molar-refractivity contribution in [2.45, 2.75) is 43.9 Å². The molecule has 0 aliphatic carbocycles. The molecule has 1 amide bonds. The summed E-state index contributed by atoms with van der Waals surface area (Å²) in [4.78, 5) is 12.5. The van der Waals surface area contributed by atoms with Crippen molar-refractivity contribution in [1.29, 1.82) is 0 Å². The van der Waals surface area contributed by atoms with E-state index in [4.69, 9.17) is 0 Å². The summed E-state index contributed by atoms with van der Waals surface area (Å²) in [6.45, 7) is 6.47. The fourth-order valence-corrected chi connectivity index (χ4v) is 4.62. The van der Waals surface area contributed by atoms with Gasteiger partial charge in [0.25, 0.3) is 0 Å². The van der Waals surface area contributed by atoms with E-state index in [1.165, 1.54) is 4.31 Å². The van der Waals surface area contributed by atoms with Gasteiger partial charge in [0.05, 0.1) is 4.90 Å². The maximum Gasteiger partial charge on any atom is 0.243 e. The molecule has 2 rings (SSSR count). The minimum absolute atomic E-state index is 0.0411. The van der Waals surface area contributed by atoms with E-state index in [1.807, 2.05) is 19.2 Å². The molecule has 1 heterocycles. The molecule has 0 bridgehead atoms. The maximum absolute atomic E-state index is 12.8. The molecule has 2 N–H and O–H groups in total. The smallest absolute Gasteiger partial charge is 0.243 e. The van der Waals surface area contributed by atoms with Gasteiger partial charge in [-0.05, 0) is 56.5 Å². The summed E-state index contributed by atoms with van der Waals surface area (Å²) in [6.07, 6.45) is 2.03. The van der Waals surface area contributed by atoms with Crippen molar-refractivity contribution in [3.8, 4) is 0 Å². The van der Waals surface area contributed by atoms with Gasteiger partial charge in [-0.1, -0.05) is 26.0 Å². The van der Waals surface area contributed by atoms with E-state index in [9.17, 15) is 13.2 Å². The number of hydrogen-bond donors (Lipinski definition) is 2. The SMILES string of the molecule is CNCCCNC(=O)C1CCN(S(=O)(=O)c2ccc(C(C)C)cc2)CC1. The highest BCUT2D eigenvalue weighted by Crippen LogP contribution is 2.25. The van der Waals surface area contributed by atoms with Crippen LogP contribution in [0, 0.1) is 5.92 Å². The highest BCUT2D eigenvalue weighted by Gasteiger charge is 2.31. The van der Waals surface area contributed by atoms with Crippen LogP contribution in [0.2, 0.25) is 0 Å². The molecule has 1 aromatic rings. The molecule has 0 unspecified atom stereocenters. The molecule has 0 spiro atoms. The van der Waals surface area contributed by atoms with Crippen LogP contribution in [0.5, 0.6) is 0 Å². The summed E-state index contributed by atoms with van der Waals surface area (Å²) < 4.78 is 27.1. The molecule has 0 saturated carbocycles. The summed E-state index contributed by atoms with van der Waals surface area (Å²) in [5.41, 5.74) is 1.12. The Kier molecular flexibility index (Phi) is 7.61. The predicted molar refractivity (Wildman–Crippen MR) is 104 cm³/mol. The van der Waals surface area contributed by atoms with E-state index in [1.54, 1.807) is 12.1 Å². The lowest BCUT2D eigenvalue weighted by molar-refractivity contribution is -0.126. The van der Waals surface area contributed by atoms with Gasteiger partial charge in [0.2, 0.25) is 15.9 Å². The number of rotatable bonds is 8. The molecule has 1 aliphatic heterocycles. The summed E-state index contributed by atoms with van der Waals surface area (Å²) in [5, 5.41) is 5.99. The standard InChI is InChI=1S/C19H31N3O3S/c1-15(2)16-5-7-18(8-6-16)26(24,25)22-13-9-17(10-14-22)19(23)21-12-4-11-20-3/h5-8,15,17,20H,4,9-14H2,1-3H3,(H,21,23). The topological polar surface area (TPSA) is 78.5 Å². The Morgan fingerprint density at radius 2 is 1.77 bits per heavy atom. The van der Waals surface area contributed by atoms with Crippen LogP contribution in [-0.2, 0) is 14.8 Å². The second-order valence-corrected chi connectivity index (χ2v) is 9.09. The monoisotopic (exact) mass is 381 g/mol. The maximum atomic E-state index is 12.8. The lowest BCUT2D eigenvalue weighted by atomic mass is 9.97. The second kappa shape index (κ2) is 9.48. The van der Waals surface area contributed by atoms with Crippen LogP contribution in [0.25, 0.3) is 0 Å². The number of sulfonamides is 1. The minimum atomic E-state index is -3.48. The molecule has 1 aliphatic rings. The quantitative estimate of drug-likeness (QED) is 0.675. The van der Waals surface area contributed by atoms with Gasteiger partial charge in [-0.3, -0.25) is 4.79 Å². The lowest BCUT2D eigenvalue weighted by Crippen LogP contribution is -2.43. The van der Waals surface area contributed by atoms with Crippen LogP contribution in [0.4, 0.5) is 0 Å². The van der Waals surface area contributed by atoms with Gasteiger partial charge >= 0.3 is 0 Å². The molecular weight excluding hydrogens is 350 g/mol. The zero-order chi connectivity index (χ0) is 19.2. The largest absolute Gasteiger partial charge is 0.356 e. The Labute approximate surface area is 157 Å². The highest BCUT2D eigenvalue weighted by atomic mass is 32.2. The van der Waals surface area contributed by atoms with E-state index in [0.29, 0.717) is 43.3 Å². The first-order chi connectivity index (χ1) is 12.4. The van der Waals surface area contributed by atoms with Crippen molar-refractivity contribution in [2.75, 3.05) is 33.2 Å². The van der Waals surface area contributed by atoms with Gasteiger partial charge < -0.3 is 10.6 Å². The Morgan fingerprint density at radius 3 is 2.31 bits per heavy atom. The number of carbonyl (C=O) groups is 1. The van der Waals surface area contributed by atoms with Crippen molar-refractivity contribution in [2.24, 2.45) is 5.92 Å². The molecule has 26 heavy (non-hydrogen) atoms. The van der Waals surface area contributed by atoms with Crippen molar-refractivity contribution in [3.05, 3.63) is 29.8 Å². The average Bonchev–Trinajstić information content (AvgIpc) is 2.65. The molecule has 146 valence electrons. The Hall–Kier alpha value is -1.44. The molecule has 6 nitrogen and oxygen atoms in total. The molecule has 1 aromatic carbocycles. The fraction of sp³-hybridized carbons (Fsp3) is 0.632. The molecule has 1 fully saturated rings. The first-order valence-electron chi connectivity index (χ1n) is 9.38. The summed E-state index contributed by atoms with van der Waals surface area (Å²) >= 11 is 0. The lowest BCUT2D eigenvalue weighted by Gasteiger charge is -2.30. The number of carbonyl (C=O) groups excluding carboxylic acids is 1. The number of piperidine rings is 1. The summed E-state index contributed by atoms with van der Waals surface area (Å²) in [6, 6.07) is 7.13. The molecule has 0 aromatic heterocycles. The fourth-order valence-electron chi connectivity index (χ4n) is 3.15. The number of amides is 1. The zero-order valence-corrected chi connectivity index (χ0v) is 16.8. The molecule has 0 radical (unpaired) electrons. The van der Waals surface area contributed by atoms with Crippen LogP contribution in [-0.4, -0.2) is 51.9 Å². The first-order valence-corrected chi connectivity index (χ1v) is 10.8. The van der Waals surface area contributed by atoms with Crippen molar-refractivity contribution >= 4 is 15.9 Å². The molecule has 0 atom stereocenters. The van der Waals surface area contributed by atoms with Crippen molar-refractivity contribution in [3.63, 3.8) is 0 Å². The van der Waals surface area contributed by atoms with Gasteiger partial charge in [0.15, 0.2) is 0 Å². The third-order valence-electron chi connectivity index (χ3n) is 4.91. The van der Waals surface area contributed by atoms with Crippen LogP contribution in [0.3, 0.4) is 0 Å². The van der Waals surface area contributed by atoms with Gasteiger partial charge in [0.1, 0.15) is 0 Å². The molecule has 1 saturated heterocycles. The van der Waals surface area contributed by atoms with Gasteiger partial charge in [0, 0.05) is 25.6 Å². The average molecular weight is 382 g/mol. The van der Waals surface area contributed by atoms with Gasteiger partial charge in [-0.2, -0.15) is 4.31 Å². The van der Waals surface area contributed by atoms with Crippen LogP contribution < -0.4 is 10.6 Å². The number of nitrogens with zero attached hydrogens (tertiary/aromatic N) is 1. The van der Waals surface area contributed by atoms with E-state index < -0.39 is 10.0 Å². The predicted octanol–water partition coefficient (Wildman–Crippen LogP) is 1.94. The van der Waals surface area contributed by atoms with Crippen molar-refractivity contribution in [1.82, 2.24) is 14.9 Å². The van der Waals surface area contributed by atoms with Gasteiger partial charge in [-0.25, -0.2) is 8.42 Å². The second-order valence-electron chi connectivity index (χ2n) is 7.15. The number of hydrogen-bond acceptors (Lipinski definition) is 4. The van der Waals surface area contributed by atoms with E-state index >= 15 is 0 Å². The summed E-state index contributed by atoms with van der Waals surface area (Å²) in [5.74, 6) is 0.313. The van der Waals surface area contributed by atoms with Crippen LogP contribution in [0.15, 0.2) is 29.2 Å². The Balaban J connectivity index is 1.90. The third kappa shape index (κ3) is 5.28. The van der Waals surface area contributed by atoms with Crippen LogP contribution in [0.1, 0.15) is 44.6 Å². The molecule has 7 heteroatoms. The highest BCUT2D eigenvalue weighted by molar-refractivity contribution is 7.89. The normalized spacial score (nSPS) is 16.8. The van der Waals surface area contributed by atoms with Gasteiger partial charge in [-0.15, -0.1) is 0 Å². The van der Waals surface area contributed by atoms with E-state index in [2.05, 4.69) is 24.5 Å². The zero-order valence-electron chi connectivity index (χ0n) is 16.0. The van der Waals surface area contributed by atoms with E-state index in [-0.39, 0.29) is 11.8 Å².